The highest BCUT2D eigenvalue weighted by molar-refractivity contribution is 7.81. The molecule has 0 aliphatic carbocycles. The fourth-order valence-corrected chi connectivity index (χ4v) is 2.90. The number of carbonyl (C=O) groups is 4. The number of nitrogens with zero attached hydrogens (tertiary/aromatic N) is 5. The summed E-state index contributed by atoms with van der Waals surface area (Å²) >= 11 is 4.29. The van der Waals surface area contributed by atoms with E-state index in [0.717, 1.165) is 4.68 Å². The van der Waals surface area contributed by atoms with Gasteiger partial charge >= 0.3 is 11.7 Å². The minimum Gasteiger partial charge on any atom is -0.330 e. The van der Waals surface area contributed by atoms with Crippen LogP contribution in [0.3, 0.4) is 0 Å². The summed E-state index contributed by atoms with van der Waals surface area (Å²) in [6.07, 6.45) is 0.288. The van der Waals surface area contributed by atoms with E-state index in [9.17, 15) is 24.0 Å². The van der Waals surface area contributed by atoms with Crippen LogP contribution in [0, 0.1) is 0 Å². The molecule has 13 heteroatoms. The molecule has 0 atom stereocenters. The largest absolute Gasteiger partial charge is 0.345 e. The molecular formula is C18H26N6O6S. The smallest absolute Gasteiger partial charge is 0.330 e. The normalized spacial score (nSPS) is 14.9. The number of hydrogen-bond acceptors (Lipinski definition) is 9. The Morgan fingerprint density at radius 1 is 1.23 bits per heavy atom. The molecule has 0 spiro atoms. The molecule has 1 N–H and O–H groups in total. The molecule has 1 aromatic rings. The Morgan fingerprint density at radius 3 is 2.42 bits per heavy atom. The Balaban J connectivity index is 1.93. The van der Waals surface area contributed by atoms with Crippen molar-refractivity contribution in [2.24, 2.45) is 12.1 Å². The van der Waals surface area contributed by atoms with Gasteiger partial charge in [0.2, 0.25) is 5.91 Å². The molecule has 2 rings (SSSR count). The predicted octanol–water partition coefficient (Wildman–Crippen LogP) is -0.0921. The first-order valence-electron chi connectivity index (χ1n) is 9.65. The van der Waals surface area contributed by atoms with E-state index < -0.39 is 28.2 Å². The number of amides is 3. The maximum absolute atomic E-state index is 12.4. The predicted molar refractivity (Wildman–Crippen MR) is 112 cm³/mol. The minimum absolute atomic E-state index is 0.0198. The quantitative estimate of drug-likeness (QED) is 0.229. The molecule has 0 saturated carbocycles. The molecule has 1 aromatic heterocycles. The summed E-state index contributed by atoms with van der Waals surface area (Å²) in [6, 6.07) is 0. The maximum atomic E-state index is 12.4. The molecule has 1 aliphatic rings. The van der Waals surface area contributed by atoms with Gasteiger partial charge in [-0.1, -0.05) is 13.8 Å². The van der Waals surface area contributed by atoms with Crippen molar-refractivity contribution in [3.8, 4) is 0 Å². The van der Waals surface area contributed by atoms with Crippen LogP contribution in [0.5, 0.6) is 0 Å². The summed E-state index contributed by atoms with van der Waals surface area (Å²) in [6.45, 7) is 5.30. The molecule has 1 fully saturated rings. The molecular weight excluding hydrogens is 428 g/mol. The van der Waals surface area contributed by atoms with Gasteiger partial charge in [0.15, 0.2) is 5.82 Å². The van der Waals surface area contributed by atoms with E-state index in [-0.39, 0.29) is 50.4 Å². The van der Waals surface area contributed by atoms with Crippen LogP contribution in [-0.2, 0) is 37.6 Å². The summed E-state index contributed by atoms with van der Waals surface area (Å²) < 4.78 is 1.94. The lowest BCUT2D eigenvalue weighted by Gasteiger charge is -2.15. The van der Waals surface area contributed by atoms with Crippen molar-refractivity contribution in [2.75, 3.05) is 0 Å². The van der Waals surface area contributed by atoms with Crippen molar-refractivity contribution >= 4 is 42.0 Å². The Kier molecular flexibility index (Phi) is 7.76. The van der Waals surface area contributed by atoms with Crippen molar-refractivity contribution < 1.29 is 24.0 Å². The van der Waals surface area contributed by atoms with Crippen LogP contribution in [0.15, 0.2) is 9.90 Å². The number of hydroxylamine groups is 2. The van der Waals surface area contributed by atoms with E-state index >= 15 is 0 Å². The zero-order valence-corrected chi connectivity index (χ0v) is 18.8. The molecule has 1 aliphatic heterocycles. The lowest BCUT2D eigenvalue weighted by Crippen LogP contribution is -2.32. The van der Waals surface area contributed by atoms with E-state index in [2.05, 4.69) is 28.3 Å². The van der Waals surface area contributed by atoms with Crippen LogP contribution in [0.1, 0.15) is 58.7 Å². The molecule has 0 radical (unpaired) electrons. The van der Waals surface area contributed by atoms with Crippen LogP contribution in [0.25, 0.3) is 0 Å². The van der Waals surface area contributed by atoms with Crippen LogP contribution < -0.4 is 11.1 Å². The second-order valence-corrected chi connectivity index (χ2v) is 8.97. The van der Waals surface area contributed by atoms with Crippen LogP contribution in [0.4, 0.5) is 0 Å². The molecule has 2 heterocycles. The number of aryl methyl sites for hydroxylation is 1. The lowest BCUT2D eigenvalue weighted by atomic mass is 10.1. The van der Waals surface area contributed by atoms with E-state index in [0.29, 0.717) is 10.8 Å². The Labute approximate surface area is 184 Å². The summed E-state index contributed by atoms with van der Waals surface area (Å²) in [5.41, 5.74) is 2.31. The van der Waals surface area contributed by atoms with Crippen molar-refractivity contribution in [3.63, 3.8) is 0 Å². The van der Waals surface area contributed by atoms with Crippen LogP contribution in [0.2, 0.25) is 0 Å². The fraction of sp³-hybridized carbons (Fsp3) is 0.611. The zero-order chi connectivity index (χ0) is 23.3. The van der Waals surface area contributed by atoms with Gasteiger partial charge in [-0.05, 0) is 13.3 Å². The summed E-state index contributed by atoms with van der Waals surface area (Å²) in [5.74, 6) is -1.92. The van der Waals surface area contributed by atoms with Gasteiger partial charge in [-0.25, -0.2) is 19.7 Å². The number of carbonyl (C=O) groups excluding carboxylic acids is 4. The van der Waals surface area contributed by atoms with Gasteiger partial charge in [0.05, 0.1) is 0 Å². The number of rotatable bonds is 9. The summed E-state index contributed by atoms with van der Waals surface area (Å²) in [4.78, 5) is 63.8. The third kappa shape index (κ3) is 6.77. The van der Waals surface area contributed by atoms with Crippen molar-refractivity contribution in [2.45, 2.75) is 64.2 Å². The number of nitrogens with one attached hydrogen (secondary N) is 1. The molecule has 0 unspecified atom stereocenters. The average Bonchev–Trinajstić information content (AvgIpc) is 3.12. The molecule has 12 nitrogen and oxygen atoms in total. The number of hydrogen-bond donors (Lipinski definition) is 2. The van der Waals surface area contributed by atoms with E-state index in [1.165, 1.54) is 11.6 Å². The number of imide groups is 1. The van der Waals surface area contributed by atoms with Gasteiger partial charge in [-0.3, -0.25) is 19.0 Å². The van der Waals surface area contributed by atoms with Crippen molar-refractivity contribution in [1.29, 1.82) is 0 Å². The lowest BCUT2D eigenvalue weighted by molar-refractivity contribution is -0.197. The first-order valence-corrected chi connectivity index (χ1v) is 10.1. The van der Waals surface area contributed by atoms with Gasteiger partial charge in [-0.15, -0.1) is 10.2 Å². The highest BCUT2D eigenvalue weighted by Crippen LogP contribution is 2.16. The van der Waals surface area contributed by atoms with Crippen molar-refractivity contribution in [1.82, 2.24) is 24.8 Å². The second-order valence-electron chi connectivity index (χ2n) is 7.76. The molecule has 170 valence electrons. The maximum Gasteiger partial charge on any atom is 0.345 e. The molecule has 31 heavy (non-hydrogen) atoms. The third-order valence-electron chi connectivity index (χ3n) is 4.26. The topological polar surface area (TPSA) is 145 Å². The SMILES string of the molecule is C/C(=N/NC(=O)CC(C)(C)S)c1nn(CCCC(=O)ON2C(=O)CCC2=O)c(=O)n1C. The van der Waals surface area contributed by atoms with Crippen molar-refractivity contribution in [3.05, 3.63) is 16.3 Å². The average molecular weight is 455 g/mol. The van der Waals surface area contributed by atoms with Gasteiger partial charge in [0.25, 0.3) is 11.8 Å². The Bertz CT molecular complexity index is 957. The highest BCUT2D eigenvalue weighted by Gasteiger charge is 2.32. The minimum atomic E-state index is -0.750. The second kappa shape index (κ2) is 9.90. The van der Waals surface area contributed by atoms with E-state index in [4.69, 9.17) is 4.84 Å². The van der Waals surface area contributed by atoms with Gasteiger partial charge < -0.3 is 4.84 Å². The number of hydrazone groups is 1. The van der Waals surface area contributed by atoms with Crippen LogP contribution >= 0.6 is 12.6 Å². The first-order chi connectivity index (χ1) is 14.4. The summed E-state index contributed by atoms with van der Waals surface area (Å²) in [7, 11) is 1.51. The first kappa shape index (κ1) is 24.3. The Hall–Kier alpha value is -2.96. The van der Waals surface area contributed by atoms with Crippen LogP contribution in [-0.4, -0.2) is 53.6 Å². The molecule has 0 bridgehead atoms. The van der Waals surface area contributed by atoms with E-state index in [1.807, 2.05) is 0 Å². The third-order valence-corrected chi connectivity index (χ3v) is 4.41. The molecule has 3 amide bonds. The van der Waals surface area contributed by atoms with Gasteiger partial charge in [-0.2, -0.15) is 17.7 Å². The standard InChI is InChI=1S/C18H26N6O6S/c1-11(19-20-12(25)10-18(2,3)31)16-21-23(17(29)22(16)4)9-5-6-15(28)30-24-13(26)7-8-14(24)27/h31H,5-10H2,1-4H3,(H,20,25)/b19-11-. The Morgan fingerprint density at radius 2 is 1.84 bits per heavy atom. The highest BCUT2D eigenvalue weighted by atomic mass is 32.1. The zero-order valence-electron chi connectivity index (χ0n) is 17.9. The number of thiol groups is 1. The molecule has 1 saturated heterocycles. The summed E-state index contributed by atoms with van der Waals surface area (Å²) in [5, 5.41) is 8.65. The molecule has 0 aromatic carbocycles. The number of aromatic nitrogens is 3. The fourth-order valence-electron chi connectivity index (χ4n) is 2.76. The van der Waals surface area contributed by atoms with E-state index in [1.54, 1.807) is 20.8 Å². The van der Waals surface area contributed by atoms with Gasteiger partial charge in [0.1, 0.15) is 5.71 Å². The monoisotopic (exact) mass is 454 g/mol. The van der Waals surface area contributed by atoms with Gasteiger partial charge in [0, 0.05) is 44.0 Å².